The van der Waals surface area contributed by atoms with E-state index in [-0.39, 0.29) is 5.56 Å². The number of nitrogens with one attached hydrogen (secondary N) is 1. The number of carbonyl (C=O) groups is 1. The molecule has 1 amide bonds. The van der Waals surface area contributed by atoms with E-state index >= 15 is 0 Å². The van der Waals surface area contributed by atoms with Crippen LogP contribution in [0.1, 0.15) is 22.8 Å². The predicted octanol–water partition coefficient (Wildman–Crippen LogP) is 1.90. The van der Waals surface area contributed by atoms with Crippen molar-refractivity contribution < 1.29 is 13.9 Å². The van der Waals surface area contributed by atoms with Crippen LogP contribution in [0.2, 0.25) is 0 Å². The molecule has 0 bridgehead atoms. The number of halogens is 1. The molecule has 0 spiro atoms. The van der Waals surface area contributed by atoms with Crippen molar-refractivity contribution in [3.8, 4) is 0 Å². The number of hydrogen-bond acceptors (Lipinski definition) is 2. The first-order valence-corrected chi connectivity index (χ1v) is 5.27. The first-order valence-electron chi connectivity index (χ1n) is 5.27. The molecule has 1 rings (SSSR count). The number of hydrogen-bond donors (Lipinski definition) is 1. The molecule has 3 nitrogen and oxygen atoms in total. The van der Waals surface area contributed by atoms with Crippen molar-refractivity contribution in [1.29, 1.82) is 0 Å². The Kier molecular flexibility index (Phi) is 4.92. The molecule has 0 aliphatic rings. The highest BCUT2D eigenvalue weighted by Gasteiger charge is 2.10. The zero-order valence-electron chi connectivity index (χ0n) is 9.55. The summed E-state index contributed by atoms with van der Waals surface area (Å²) in [5.41, 5.74) is 0.938. The lowest BCUT2D eigenvalue weighted by Gasteiger charge is -2.06. The Balaban J connectivity index is 2.55. The molecule has 0 saturated heterocycles. The van der Waals surface area contributed by atoms with Gasteiger partial charge in [-0.3, -0.25) is 4.79 Å². The van der Waals surface area contributed by atoms with Gasteiger partial charge in [-0.2, -0.15) is 0 Å². The molecule has 0 aliphatic heterocycles. The van der Waals surface area contributed by atoms with Gasteiger partial charge >= 0.3 is 0 Å². The molecule has 0 fully saturated rings. The fourth-order valence-corrected chi connectivity index (χ4v) is 1.29. The molecule has 1 N–H and O–H groups in total. The molecular formula is C12H16FNO2. The summed E-state index contributed by atoms with van der Waals surface area (Å²) in [7, 11) is 0. The minimum atomic E-state index is -0.500. The van der Waals surface area contributed by atoms with Gasteiger partial charge in [0.15, 0.2) is 0 Å². The number of amides is 1. The van der Waals surface area contributed by atoms with E-state index in [4.69, 9.17) is 4.74 Å². The highest BCUT2D eigenvalue weighted by atomic mass is 19.1. The SMILES string of the molecule is CCOCCNC(=O)c1cc(C)ccc1F. The van der Waals surface area contributed by atoms with Crippen molar-refractivity contribution in [3.05, 3.63) is 35.1 Å². The number of ether oxygens (including phenoxy) is 1. The van der Waals surface area contributed by atoms with Gasteiger partial charge in [-0.25, -0.2) is 4.39 Å². The summed E-state index contributed by atoms with van der Waals surface area (Å²) in [6.45, 7) is 5.13. The standard InChI is InChI=1S/C12H16FNO2/c1-3-16-7-6-14-12(15)10-8-9(2)4-5-11(10)13/h4-5,8H,3,6-7H2,1-2H3,(H,14,15). The molecule has 0 saturated carbocycles. The van der Waals surface area contributed by atoms with E-state index in [2.05, 4.69) is 5.32 Å². The normalized spacial score (nSPS) is 10.2. The third-order valence-electron chi connectivity index (χ3n) is 2.10. The maximum Gasteiger partial charge on any atom is 0.254 e. The van der Waals surface area contributed by atoms with Crippen LogP contribution in [0.25, 0.3) is 0 Å². The van der Waals surface area contributed by atoms with Crippen LogP contribution in [0.15, 0.2) is 18.2 Å². The fourth-order valence-electron chi connectivity index (χ4n) is 1.29. The van der Waals surface area contributed by atoms with Crippen molar-refractivity contribution in [3.63, 3.8) is 0 Å². The second-order valence-electron chi connectivity index (χ2n) is 3.44. The Hall–Kier alpha value is -1.42. The summed E-state index contributed by atoms with van der Waals surface area (Å²) < 4.78 is 18.4. The molecular weight excluding hydrogens is 209 g/mol. The van der Waals surface area contributed by atoms with Crippen LogP contribution in [0.4, 0.5) is 4.39 Å². The van der Waals surface area contributed by atoms with E-state index in [0.29, 0.717) is 19.8 Å². The minimum Gasteiger partial charge on any atom is -0.380 e. The van der Waals surface area contributed by atoms with Gasteiger partial charge in [0.1, 0.15) is 5.82 Å². The first-order chi connectivity index (χ1) is 7.65. The minimum absolute atomic E-state index is 0.0801. The Bertz CT molecular complexity index is 366. The van der Waals surface area contributed by atoms with E-state index in [9.17, 15) is 9.18 Å². The lowest BCUT2D eigenvalue weighted by molar-refractivity contribution is 0.0918. The molecule has 0 heterocycles. The van der Waals surface area contributed by atoms with E-state index in [0.717, 1.165) is 5.56 Å². The summed E-state index contributed by atoms with van der Waals surface area (Å²) in [6, 6.07) is 4.46. The quantitative estimate of drug-likeness (QED) is 0.777. The van der Waals surface area contributed by atoms with Gasteiger partial charge in [0.2, 0.25) is 0 Å². The molecule has 1 aromatic rings. The number of carbonyl (C=O) groups excluding carboxylic acids is 1. The largest absolute Gasteiger partial charge is 0.380 e. The van der Waals surface area contributed by atoms with Gasteiger partial charge in [0.25, 0.3) is 5.91 Å². The van der Waals surface area contributed by atoms with E-state index in [1.165, 1.54) is 12.1 Å². The van der Waals surface area contributed by atoms with Crippen molar-refractivity contribution in [2.24, 2.45) is 0 Å². The fraction of sp³-hybridized carbons (Fsp3) is 0.417. The van der Waals surface area contributed by atoms with Crippen LogP contribution in [0, 0.1) is 12.7 Å². The van der Waals surface area contributed by atoms with Crippen molar-refractivity contribution >= 4 is 5.91 Å². The molecule has 0 unspecified atom stereocenters. The third-order valence-corrected chi connectivity index (χ3v) is 2.10. The zero-order valence-corrected chi connectivity index (χ0v) is 9.55. The van der Waals surface area contributed by atoms with E-state index in [1.807, 2.05) is 13.8 Å². The highest BCUT2D eigenvalue weighted by molar-refractivity contribution is 5.94. The van der Waals surface area contributed by atoms with Crippen LogP contribution in [-0.4, -0.2) is 25.7 Å². The Labute approximate surface area is 94.6 Å². The highest BCUT2D eigenvalue weighted by Crippen LogP contribution is 2.09. The van der Waals surface area contributed by atoms with Gasteiger partial charge in [-0.1, -0.05) is 11.6 Å². The van der Waals surface area contributed by atoms with Crippen LogP contribution in [0.3, 0.4) is 0 Å². The average molecular weight is 225 g/mol. The monoisotopic (exact) mass is 225 g/mol. The number of aryl methyl sites for hydroxylation is 1. The zero-order chi connectivity index (χ0) is 12.0. The topological polar surface area (TPSA) is 38.3 Å². The second-order valence-corrected chi connectivity index (χ2v) is 3.44. The molecule has 1 aromatic carbocycles. The van der Waals surface area contributed by atoms with Gasteiger partial charge in [-0.15, -0.1) is 0 Å². The summed E-state index contributed by atoms with van der Waals surface area (Å²) >= 11 is 0. The molecule has 0 aromatic heterocycles. The summed E-state index contributed by atoms with van der Waals surface area (Å²) in [4.78, 5) is 11.6. The molecule has 0 atom stereocenters. The maximum atomic E-state index is 13.3. The lowest BCUT2D eigenvalue weighted by atomic mass is 10.1. The van der Waals surface area contributed by atoms with Crippen LogP contribution >= 0.6 is 0 Å². The van der Waals surface area contributed by atoms with Crippen LogP contribution < -0.4 is 5.32 Å². The van der Waals surface area contributed by atoms with E-state index < -0.39 is 11.7 Å². The second kappa shape index (κ2) is 6.23. The van der Waals surface area contributed by atoms with Crippen LogP contribution in [-0.2, 0) is 4.74 Å². The van der Waals surface area contributed by atoms with Gasteiger partial charge in [0.05, 0.1) is 12.2 Å². The van der Waals surface area contributed by atoms with Crippen molar-refractivity contribution in [2.75, 3.05) is 19.8 Å². The third kappa shape index (κ3) is 3.62. The molecule has 4 heteroatoms. The maximum absolute atomic E-state index is 13.3. The van der Waals surface area contributed by atoms with Gasteiger partial charge < -0.3 is 10.1 Å². The number of benzene rings is 1. The van der Waals surface area contributed by atoms with E-state index in [1.54, 1.807) is 6.07 Å². The molecule has 16 heavy (non-hydrogen) atoms. The lowest BCUT2D eigenvalue weighted by Crippen LogP contribution is -2.28. The summed E-state index contributed by atoms with van der Waals surface area (Å²) in [5.74, 6) is -0.902. The Morgan fingerprint density at radius 2 is 2.25 bits per heavy atom. The predicted molar refractivity (Wildman–Crippen MR) is 60.0 cm³/mol. The average Bonchev–Trinajstić information content (AvgIpc) is 2.27. The number of rotatable bonds is 5. The smallest absolute Gasteiger partial charge is 0.254 e. The summed E-state index contributed by atoms with van der Waals surface area (Å²) in [5, 5.41) is 2.60. The van der Waals surface area contributed by atoms with Crippen molar-refractivity contribution in [2.45, 2.75) is 13.8 Å². The Morgan fingerprint density at radius 3 is 2.94 bits per heavy atom. The van der Waals surface area contributed by atoms with Gasteiger partial charge in [-0.05, 0) is 26.0 Å². The molecule has 88 valence electrons. The first kappa shape index (κ1) is 12.6. The molecule has 0 aliphatic carbocycles. The van der Waals surface area contributed by atoms with Gasteiger partial charge in [0, 0.05) is 13.2 Å². The summed E-state index contributed by atoms with van der Waals surface area (Å²) in [6.07, 6.45) is 0. The van der Waals surface area contributed by atoms with Crippen LogP contribution in [0.5, 0.6) is 0 Å². The Morgan fingerprint density at radius 1 is 1.50 bits per heavy atom. The molecule has 0 radical (unpaired) electrons. The van der Waals surface area contributed by atoms with Crippen molar-refractivity contribution in [1.82, 2.24) is 5.32 Å².